The number of aromatic nitrogens is 1. The molecule has 0 aliphatic carbocycles. The molecule has 0 bridgehead atoms. The Kier molecular flexibility index (Phi) is 3.23. The maximum absolute atomic E-state index is 10.9. The van der Waals surface area contributed by atoms with E-state index in [0.717, 1.165) is 6.42 Å². The molecule has 2 atom stereocenters. The highest BCUT2D eigenvalue weighted by Gasteiger charge is 2.34. The summed E-state index contributed by atoms with van der Waals surface area (Å²) in [4.78, 5) is 16.4. The number of pyridine rings is 1. The van der Waals surface area contributed by atoms with Crippen molar-refractivity contribution in [3.63, 3.8) is 0 Å². The van der Waals surface area contributed by atoms with Gasteiger partial charge in [0.1, 0.15) is 0 Å². The lowest BCUT2D eigenvalue weighted by atomic mass is 10.0. The third-order valence-corrected chi connectivity index (χ3v) is 3.30. The van der Waals surface area contributed by atoms with Crippen LogP contribution in [0.4, 0.5) is 11.5 Å². The number of aliphatic hydroxyl groups is 1. The van der Waals surface area contributed by atoms with Crippen LogP contribution in [-0.4, -0.2) is 34.2 Å². The lowest BCUT2D eigenvalue weighted by Crippen LogP contribution is -2.36. The second-order valence-electron chi connectivity index (χ2n) is 4.31. The van der Waals surface area contributed by atoms with Crippen LogP contribution in [0, 0.1) is 16.0 Å². The molecule has 1 aliphatic heterocycles. The van der Waals surface area contributed by atoms with Gasteiger partial charge in [-0.1, -0.05) is 6.92 Å². The van der Waals surface area contributed by atoms with Crippen LogP contribution in [0.2, 0.25) is 0 Å². The van der Waals surface area contributed by atoms with Gasteiger partial charge in [-0.05, 0) is 18.4 Å². The van der Waals surface area contributed by atoms with Crippen LogP contribution in [0.5, 0.6) is 0 Å². The largest absolute Gasteiger partial charge is 0.394 e. The van der Waals surface area contributed by atoms with Crippen LogP contribution in [0.15, 0.2) is 18.3 Å². The van der Waals surface area contributed by atoms with Crippen molar-refractivity contribution in [1.29, 1.82) is 0 Å². The molecule has 1 fully saturated rings. The van der Waals surface area contributed by atoms with Gasteiger partial charge in [0, 0.05) is 18.8 Å². The van der Waals surface area contributed by atoms with Gasteiger partial charge < -0.3 is 10.0 Å². The minimum atomic E-state index is -0.431. The quantitative estimate of drug-likeness (QED) is 0.631. The zero-order valence-electron chi connectivity index (χ0n) is 9.61. The first-order valence-corrected chi connectivity index (χ1v) is 5.62. The number of hydrogen-bond acceptors (Lipinski definition) is 5. The van der Waals surface area contributed by atoms with Crippen LogP contribution in [-0.2, 0) is 0 Å². The fourth-order valence-corrected chi connectivity index (χ4v) is 2.30. The highest BCUT2D eigenvalue weighted by molar-refractivity contribution is 5.58. The summed E-state index contributed by atoms with van der Waals surface area (Å²) >= 11 is 0. The lowest BCUT2D eigenvalue weighted by Gasteiger charge is -2.25. The molecule has 1 aliphatic rings. The highest BCUT2D eigenvalue weighted by atomic mass is 16.6. The third kappa shape index (κ3) is 2.08. The maximum atomic E-state index is 10.9. The number of anilines is 1. The molecule has 0 aromatic carbocycles. The van der Waals surface area contributed by atoms with Crippen molar-refractivity contribution in [2.45, 2.75) is 19.4 Å². The van der Waals surface area contributed by atoms with Crippen molar-refractivity contribution in [2.24, 2.45) is 5.92 Å². The van der Waals surface area contributed by atoms with Crippen LogP contribution in [0.3, 0.4) is 0 Å². The van der Waals surface area contributed by atoms with E-state index in [1.165, 1.54) is 6.07 Å². The van der Waals surface area contributed by atoms with E-state index in [2.05, 4.69) is 4.98 Å². The summed E-state index contributed by atoms with van der Waals surface area (Å²) in [5, 5.41) is 20.3. The Balaban J connectivity index is 2.37. The van der Waals surface area contributed by atoms with Crippen molar-refractivity contribution < 1.29 is 10.0 Å². The molecule has 6 heteroatoms. The van der Waals surface area contributed by atoms with Crippen molar-refractivity contribution >= 4 is 11.5 Å². The Bertz CT molecular complexity index is 424. The molecule has 2 heterocycles. The zero-order chi connectivity index (χ0) is 12.4. The molecule has 1 aromatic rings. The van der Waals surface area contributed by atoms with Gasteiger partial charge >= 0.3 is 5.69 Å². The van der Waals surface area contributed by atoms with E-state index in [9.17, 15) is 15.2 Å². The molecule has 1 saturated heterocycles. The third-order valence-electron chi connectivity index (χ3n) is 3.30. The molecule has 2 unspecified atom stereocenters. The first kappa shape index (κ1) is 11.8. The Morgan fingerprint density at radius 2 is 2.47 bits per heavy atom. The smallest absolute Gasteiger partial charge is 0.311 e. The molecule has 2 rings (SSSR count). The predicted molar refractivity (Wildman–Crippen MR) is 62.9 cm³/mol. The van der Waals surface area contributed by atoms with Crippen LogP contribution in [0.1, 0.15) is 13.3 Å². The molecule has 17 heavy (non-hydrogen) atoms. The van der Waals surface area contributed by atoms with Gasteiger partial charge in [0.25, 0.3) is 0 Å². The average molecular weight is 237 g/mol. The minimum absolute atomic E-state index is 0.0000463. The van der Waals surface area contributed by atoms with E-state index in [1.54, 1.807) is 12.3 Å². The van der Waals surface area contributed by atoms with Gasteiger partial charge in [0.2, 0.25) is 5.82 Å². The monoisotopic (exact) mass is 237 g/mol. The summed E-state index contributed by atoms with van der Waals surface area (Å²) in [5.74, 6) is 0.683. The van der Waals surface area contributed by atoms with Crippen molar-refractivity contribution in [1.82, 2.24) is 4.98 Å². The van der Waals surface area contributed by atoms with Crippen molar-refractivity contribution in [2.75, 3.05) is 18.1 Å². The molecule has 1 aromatic heterocycles. The van der Waals surface area contributed by atoms with E-state index in [0.29, 0.717) is 18.3 Å². The van der Waals surface area contributed by atoms with Gasteiger partial charge in [0.05, 0.1) is 17.6 Å². The predicted octanol–water partition coefficient (Wildman–Crippen LogP) is 1.20. The van der Waals surface area contributed by atoms with Crippen molar-refractivity contribution in [3.8, 4) is 0 Å². The summed E-state index contributed by atoms with van der Waals surface area (Å²) < 4.78 is 0. The molecule has 92 valence electrons. The van der Waals surface area contributed by atoms with Crippen LogP contribution < -0.4 is 4.90 Å². The second kappa shape index (κ2) is 4.67. The summed E-state index contributed by atoms with van der Waals surface area (Å²) in [6, 6.07) is 2.91. The zero-order valence-corrected chi connectivity index (χ0v) is 9.61. The number of nitrogens with zero attached hydrogens (tertiary/aromatic N) is 3. The topological polar surface area (TPSA) is 79.5 Å². The fraction of sp³-hybridized carbons (Fsp3) is 0.545. The van der Waals surface area contributed by atoms with E-state index in [1.807, 2.05) is 11.8 Å². The molecule has 0 saturated carbocycles. The van der Waals surface area contributed by atoms with Gasteiger partial charge in [-0.25, -0.2) is 4.98 Å². The lowest BCUT2D eigenvalue weighted by molar-refractivity contribution is -0.384. The number of aliphatic hydroxyl groups excluding tert-OH is 1. The maximum Gasteiger partial charge on any atom is 0.311 e. The Morgan fingerprint density at radius 3 is 3.12 bits per heavy atom. The standard InChI is InChI=1S/C11H15N3O3/c1-8-4-6-13(10(8)7-15)11-9(14(16)17)3-2-5-12-11/h2-3,5,8,10,15H,4,6-7H2,1H3. The molecule has 1 N–H and O–H groups in total. The molecular formula is C11H15N3O3. The normalized spacial score (nSPS) is 24.0. The summed E-state index contributed by atoms with van der Waals surface area (Å²) in [7, 11) is 0. The molecule has 0 spiro atoms. The van der Waals surface area contributed by atoms with Gasteiger partial charge in [-0.2, -0.15) is 0 Å². The molecule has 0 radical (unpaired) electrons. The Labute approximate surface area is 99.0 Å². The second-order valence-corrected chi connectivity index (χ2v) is 4.31. The summed E-state index contributed by atoms with van der Waals surface area (Å²) in [5.41, 5.74) is 0.0000463. The van der Waals surface area contributed by atoms with Gasteiger partial charge in [-0.3, -0.25) is 10.1 Å². The molecule has 6 nitrogen and oxygen atoms in total. The van der Waals surface area contributed by atoms with Crippen LogP contribution in [0.25, 0.3) is 0 Å². The summed E-state index contributed by atoms with van der Waals surface area (Å²) in [6.45, 7) is 2.73. The van der Waals surface area contributed by atoms with Crippen molar-refractivity contribution in [3.05, 3.63) is 28.4 Å². The van der Waals surface area contributed by atoms with E-state index in [-0.39, 0.29) is 18.3 Å². The fourth-order valence-electron chi connectivity index (χ4n) is 2.30. The molecular weight excluding hydrogens is 222 g/mol. The Hall–Kier alpha value is -1.69. The van der Waals surface area contributed by atoms with Gasteiger partial charge in [0.15, 0.2) is 0 Å². The summed E-state index contributed by atoms with van der Waals surface area (Å²) in [6.07, 6.45) is 2.46. The SMILES string of the molecule is CC1CCN(c2ncccc2[N+](=O)[O-])C1CO. The Morgan fingerprint density at radius 1 is 1.71 bits per heavy atom. The molecule has 0 amide bonds. The first-order chi connectivity index (χ1) is 8.15. The number of rotatable bonds is 3. The van der Waals surface area contributed by atoms with Gasteiger partial charge in [-0.15, -0.1) is 0 Å². The van der Waals surface area contributed by atoms with E-state index in [4.69, 9.17) is 0 Å². The van der Waals surface area contributed by atoms with Crippen LogP contribution >= 0.6 is 0 Å². The number of hydrogen-bond donors (Lipinski definition) is 1. The van der Waals surface area contributed by atoms with E-state index >= 15 is 0 Å². The average Bonchev–Trinajstić information content (AvgIpc) is 2.70. The minimum Gasteiger partial charge on any atom is -0.394 e. The number of nitro groups is 1. The highest BCUT2D eigenvalue weighted by Crippen LogP contribution is 2.33. The van der Waals surface area contributed by atoms with E-state index < -0.39 is 4.92 Å². The first-order valence-electron chi connectivity index (χ1n) is 5.62.